The van der Waals surface area contributed by atoms with Crippen molar-refractivity contribution in [2.45, 2.75) is 19.3 Å². The molecule has 0 saturated heterocycles. The van der Waals surface area contributed by atoms with Crippen molar-refractivity contribution < 1.29 is 4.79 Å². The van der Waals surface area contributed by atoms with Gasteiger partial charge in [-0.15, -0.1) is 0 Å². The molecule has 0 amide bonds. The van der Waals surface area contributed by atoms with E-state index in [0.717, 1.165) is 11.8 Å². The Balaban J connectivity index is 2.75. The number of carbonyl (C=O) groups is 1. The van der Waals surface area contributed by atoms with E-state index < -0.39 is 18.4 Å². The fourth-order valence-electron chi connectivity index (χ4n) is 1.33. The van der Waals surface area contributed by atoms with Crippen LogP contribution in [0.3, 0.4) is 0 Å². The molecule has 0 N–H and O–H groups in total. The number of hydrogen-bond acceptors (Lipinski definition) is 1. The number of benzene rings is 1. The van der Waals surface area contributed by atoms with Gasteiger partial charge in [0.05, 0.1) is 0 Å². The molecule has 2 heteroatoms. The first-order valence-electron chi connectivity index (χ1n) is 4.55. The van der Waals surface area contributed by atoms with Gasteiger partial charge in [-0.25, -0.2) is 0 Å². The van der Waals surface area contributed by atoms with Crippen LogP contribution in [0.5, 0.6) is 0 Å². The average Bonchev–Trinajstić information content (AvgIpc) is 2.03. The van der Waals surface area contributed by atoms with E-state index in [1.165, 1.54) is 10.0 Å². The van der Waals surface area contributed by atoms with Crippen molar-refractivity contribution in [3.05, 3.63) is 35.4 Å². The third-order valence-corrected chi connectivity index (χ3v) is 6.04. The van der Waals surface area contributed by atoms with Gasteiger partial charge in [0.1, 0.15) is 0 Å². The molecular formula is C11H16OSn. The Morgan fingerprint density at radius 1 is 1.15 bits per heavy atom. The van der Waals surface area contributed by atoms with Crippen molar-refractivity contribution in [3.63, 3.8) is 0 Å². The summed E-state index contributed by atoms with van der Waals surface area (Å²) in [6.45, 7) is 0. The minimum atomic E-state index is -1.69. The van der Waals surface area contributed by atoms with Gasteiger partial charge in [0.15, 0.2) is 0 Å². The van der Waals surface area contributed by atoms with Crippen LogP contribution in [0.25, 0.3) is 0 Å². The maximum atomic E-state index is 10.4. The normalized spacial score (nSPS) is 11.3. The molecule has 0 aromatic heterocycles. The molecule has 0 spiro atoms. The maximum absolute atomic E-state index is 10.4. The molecule has 0 aliphatic carbocycles. The summed E-state index contributed by atoms with van der Waals surface area (Å²) in [6, 6.07) is 7.96. The van der Waals surface area contributed by atoms with Crippen LogP contribution in [-0.2, 0) is 4.44 Å². The number of carbonyl (C=O) groups excluding carboxylic acids is 1. The van der Waals surface area contributed by atoms with E-state index in [0.29, 0.717) is 0 Å². The van der Waals surface area contributed by atoms with Crippen molar-refractivity contribution in [2.75, 3.05) is 0 Å². The molecule has 13 heavy (non-hydrogen) atoms. The number of aldehydes is 1. The summed E-state index contributed by atoms with van der Waals surface area (Å²) < 4.78 is 1.26. The van der Waals surface area contributed by atoms with E-state index in [1.54, 1.807) is 0 Å². The first kappa shape index (κ1) is 10.8. The molecule has 70 valence electrons. The van der Waals surface area contributed by atoms with Gasteiger partial charge in [0.2, 0.25) is 0 Å². The van der Waals surface area contributed by atoms with Crippen molar-refractivity contribution >= 4 is 24.7 Å². The second-order valence-electron chi connectivity index (χ2n) is 4.60. The van der Waals surface area contributed by atoms with E-state index in [2.05, 4.69) is 27.0 Å². The standard InChI is InChI=1S/C8H7O.3CH3.Sn/c1-7-2-4-8(6-9)5-3-7;;;;/h2-6H,1H2;3*1H3;. The Labute approximate surface area is 84.0 Å². The molecule has 1 aromatic carbocycles. The van der Waals surface area contributed by atoms with Gasteiger partial charge in [-0.3, -0.25) is 0 Å². The molecule has 0 saturated carbocycles. The van der Waals surface area contributed by atoms with Crippen molar-refractivity contribution in [1.82, 2.24) is 0 Å². The second kappa shape index (κ2) is 4.27. The van der Waals surface area contributed by atoms with Crippen LogP contribution in [0.1, 0.15) is 15.9 Å². The second-order valence-corrected chi connectivity index (χ2v) is 20.2. The Morgan fingerprint density at radius 2 is 1.69 bits per heavy atom. The van der Waals surface area contributed by atoms with Gasteiger partial charge in [0.25, 0.3) is 0 Å². The van der Waals surface area contributed by atoms with Crippen LogP contribution in [0.2, 0.25) is 14.8 Å². The molecule has 0 radical (unpaired) electrons. The van der Waals surface area contributed by atoms with Crippen LogP contribution < -0.4 is 0 Å². The SMILES string of the molecule is [CH3][Sn]([CH3])([CH3])[CH2]c1ccc(C=O)cc1. The van der Waals surface area contributed by atoms with Gasteiger partial charge in [0, 0.05) is 0 Å². The topological polar surface area (TPSA) is 17.1 Å². The molecule has 1 nitrogen and oxygen atoms in total. The average molecular weight is 283 g/mol. The molecule has 0 aliphatic rings. The van der Waals surface area contributed by atoms with Gasteiger partial charge < -0.3 is 0 Å². The van der Waals surface area contributed by atoms with E-state index in [1.807, 2.05) is 12.1 Å². The van der Waals surface area contributed by atoms with E-state index in [9.17, 15) is 4.79 Å². The van der Waals surface area contributed by atoms with Crippen LogP contribution >= 0.6 is 0 Å². The fraction of sp³-hybridized carbons (Fsp3) is 0.364. The number of hydrogen-bond donors (Lipinski definition) is 0. The first-order valence-corrected chi connectivity index (χ1v) is 15.1. The summed E-state index contributed by atoms with van der Waals surface area (Å²) in [5.41, 5.74) is 2.15. The van der Waals surface area contributed by atoms with Crippen molar-refractivity contribution in [1.29, 1.82) is 0 Å². The third-order valence-electron chi connectivity index (χ3n) is 1.85. The quantitative estimate of drug-likeness (QED) is 0.615. The Bertz CT molecular complexity index is 282. The fourth-order valence-corrected chi connectivity index (χ4v) is 5.49. The van der Waals surface area contributed by atoms with Crippen LogP contribution in [0.4, 0.5) is 0 Å². The summed E-state index contributed by atoms with van der Waals surface area (Å²) in [4.78, 5) is 17.7. The summed E-state index contributed by atoms with van der Waals surface area (Å²) in [6.07, 6.45) is 0.893. The van der Waals surface area contributed by atoms with E-state index >= 15 is 0 Å². The van der Waals surface area contributed by atoms with E-state index in [-0.39, 0.29) is 0 Å². The Kier molecular flexibility index (Phi) is 3.54. The predicted octanol–water partition coefficient (Wildman–Crippen LogP) is 2.92. The molecule has 1 rings (SSSR count). The van der Waals surface area contributed by atoms with Gasteiger partial charge >= 0.3 is 84.1 Å². The zero-order chi connectivity index (χ0) is 9.90. The Morgan fingerprint density at radius 3 is 2.08 bits per heavy atom. The monoisotopic (exact) mass is 284 g/mol. The van der Waals surface area contributed by atoms with Gasteiger partial charge in [-0.1, -0.05) is 0 Å². The van der Waals surface area contributed by atoms with Crippen molar-refractivity contribution in [2.24, 2.45) is 0 Å². The minimum absolute atomic E-state index is 0.771. The summed E-state index contributed by atoms with van der Waals surface area (Å²) in [7, 11) is 0. The van der Waals surface area contributed by atoms with Crippen molar-refractivity contribution in [3.8, 4) is 0 Å². The summed E-state index contributed by atoms with van der Waals surface area (Å²) in [5.74, 6) is 0. The van der Waals surface area contributed by atoms with Gasteiger partial charge in [-0.05, 0) is 0 Å². The molecular weight excluding hydrogens is 267 g/mol. The predicted molar refractivity (Wildman–Crippen MR) is 58.9 cm³/mol. The number of rotatable bonds is 3. The third kappa shape index (κ3) is 3.94. The zero-order valence-electron chi connectivity index (χ0n) is 8.50. The molecule has 0 unspecified atom stereocenters. The molecule has 0 heterocycles. The molecule has 1 aromatic rings. The van der Waals surface area contributed by atoms with Crippen LogP contribution in [0, 0.1) is 0 Å². The van der Waals surface area contributed by atoms with Crippen LogP contribution in [-0.4, -0.2) is 24.7 Å². The van der Waals surface area contributed by atoms with E-state index in [4.69, 9.17) is 0 Å². The summed E-state index contributed by atoms with van der Waals surface area (Å²) in [5, 5.41) is 0. The van der Waals surface area contributed by atoms with Crippen LogP contribution in [0.15, 0.2) is 24.3 Å². The first-order chi connectivity index (χ1) is 6.01. The molecule has 0 bridgehead atoms. The Hall–Kier alpha value is -0.311. The molecule has 0 atom stereocenters. The zero-order valence-corrected chi connectivity index (χ0v) is 11.4. The molecule has 0 fully saturated rings. The molecule has 0 aliphatic heterocycles. The summed E-state index contributed by atoms with van der Waals surface area (Å²) >= 11 is -1.69. The van der Waals surface area contributed by atoms with Gasteiger partial charge in [-0.2, -0.15) is 0 Å².